The molecule has 2 nitrogen and oxygen atoms in total. The number of nitrogens with zero attached hydrogens (tertiary/aromatic N) is 1. The molecule has 0 amide bonds. The van der Waals surface area contributed by atoms with Crippen molar-refractivity contribution in [3.63, 3.8) is 0 Å². The minimum atomic E-state index is 0.522. The topological polar surface area (TPSA) is 24.9 Å². The van der Waals surface area contributed by atoms with Crippen molar-refractivity contribution in [1.29, 1.82) is 0 Å². The van der Waals surface area contributed by atoms with E-state index in [2.05, 4.69) is 23.3 Å². The second-order valence-electron chi connectivity index (χ2n) is 3.78. The first-order valence-corrected chi connectivity index (χ1v) is 4.91. The van der Waals surface area contributed by atoms with Gasteiger partial charge in [0.15, 0.2) is 0 Å². The Kier molecular flexibility index (Phi) is 2.32. The predicted octanol–water partition coefficient (Wildman–Crippen LogP) is 2.06. The van der Waals surface area contributed by atoms with Crippen LogP contribution >= 0.6 is 0 Å². The molecule has 0 radical (unpaired) electrons. The molecule has 0 spiro atoms. The smallest absolute Gasteiger partial charge is 0.0420 e. The van der Waals surface area contributed by atoms with Crippen molar-refractivity contribution >= 4 is 0 Å². The predicted molar refractivity (Wildman–Crippen MR) is 53.5 cm³/mol. The van der Waals surface area contributed by atoms with Crippen molar-refractivity contribution in [3.05, 3.63) is 29.6 Å². The molecule has 2 rings (SSSR count). The van der Waals surface area contributed by atoms with Gasteiger partial charge in [-0.05, 0) is 44.4 Å². The van der Waals surface area contributed by atoms with Gasteiger partial charge in [0.25, 0.3) is 0 Å². The van der Waals surface area contributed by atoms with Crippen molar-refractivity contribution in [3.8, 4) is 0 Å². The van der Waals surface area contributed by atoms with Crippen LogP contribution in [0.5, 0.6) is 0 Å². The van der Waals surface area contributed by atoms with E-state index in [-0.39, 0.29) is 0 Å². The van der Waals surface area contributed by atoms with Gasteiger partial charge in [-0.3, -0.25) is 4.98 Å². The first-order chi connectivity index (χ1) is 6.33. The highest BCUT2D eigenvalue weighted by Crippen LogP contribution is 2.41. The summed E-state index contributed by atoms with van der Waals surface area (Å²) < 4.78 is 0. The fraction of sp³-hybridized carbons (Fsp3) is 0.545. The molecule has 0 aliphatic heterocycles. The third-order valence-corrected chi connectivity index (χ3v) is 2.79. The van der Waals surface area contributed by atoms with Gasteiger partial charge in [-0.25, -0.2) is 0 Å². The minimum Gasteiger partial charge on any atom is -0.313 e. The monoisotopic (exact) mass is 176 g/mol. The number of hydrogen-bond acceptors (Lipinski definition) is 2. The van der Waals surface area contributed by atoms with Gasteiger partial charge < -0.3 is 5.32 Å². The third-order valence-electron chi connectivity index (χ3n) is 2.79. The summed E-state index contributed by atoms with van der Waals surface area (Å²) >= 11 is 0. The average molecular weight is 176 g/mol. The van der Waals surface area contributed by atoms with E-state index >= 15 is 0 Å². The van der Waals surface area contributed by atoms with Crippen molar-refractivity contribution in [2.24, 2.45) is 5.92 Å². The third kappa shape index (κ3) is 1.73. The highest BCUT2D eigenvalue weighted by atomic mass is 14.9. The molecule has 1 aliphatic rings. The lowest BCUT2D eigenvalue weighted by atomic mass is 10.0. The van der Waals surface area contributed by atoms with Crippen LogP contribution in [0.4, 0.5) is 0 Å². The lowest BCUT2D eigenvalue weighted by Crippen LogP contribution is -2.19. The van der Waals surface area contributed by atoms with Crippen molar-refractivity contribution < 1.29 is 0 Å². The maximum absolute atomic E-state index is 4.32. The standard InChI is InChI=1S/C11H16N2/c1-8-10(4-3-7-13-8)11(12-2)9-5-6-9/h3-4,7,9,11-12H,5-6H2,1-2H3. The van der Waals surface area contributed by atoms with Gasteiger partial charge in [0, 0.05) is 17.9 Å². The van der Waals surface area contributed by atoms with Crippen molar-refractivity contribution in [1.82, 2.24) is 10.3 Å². The first-order valence-electron chi connectivity index (χ1n) is 4.91. The number of pyridine rings is 1. The second-order valence-corrected chi connectivity index (χ2v) is 3.78. The molecule has 1 unspecified atom stereocenters. The minimum absolute atomic E-state index is 0.522. The number of hydrogen-bond donors (Lipinski definition) is 1. The summed E-state index contributed by atoms with van der Waals surface area (Å²) in [6.45, 7) is 2.09. The Morgan fingerprint density at radius 1 is 1.54 bits per heavy atom. The summed E-state index contributed by atoms with van der Waals surface area (Å²) in [5.41, 5.74) is 2.53. The van der Waals surface area contributed by atoms with Gasteiger partial charge in [-0.2, -0.15) is 0 Å². The molecular formula is C11H16N2. The molecule has 1 N–H and O–H groups in total. The largest absolute Gasteiger partial charge is 0.313 e. The molecule has 1 atom stereocenters. The summed E-state index contributed by atoms with van der Waals surface area (Å²) in [6.07, 6.45) is 4.58. The van der Waals surface area contributed by atoms with E-state index in [9.17, 15) is 0 Å². The van der Waals surface area contributed by atoms with E-state index in [0.717, 1.165) is 11.6 Å². The van der Waals surface area contributed by atoms with Crippen LogP contribution in [0.1, 0.15) is 30.1 Å². The summed E-state index contributed by atoms with van der Waals surface area (Å²) in [7, 11) is 2.04. The molecule has 1 fully saturated rings. The number of aryl methyl sites for hydroxylation is 1. The lowest BCUT2D eigenvalue weighted by Gasteiger charge is -2.17. The number of nitrogens with one attached hydrogen (secondary N) is 1. The normalized spacial score (nSPS) is 18.6. The van der Waals surface area contributed by atoms with Gasteiger partial charge in [0.05, 0.1) is 0 Å². The molecule has 1 aromatic rings. The van der Waals surface area contributed by atoms with Crippen LogP contribution in [-0.4, -0.2) is 12.0 Å². The number of aromatic nitrogens is 1. The van der Waals surface area contributed by atoms with Crippen molar-refractivity contribution in [2.75, 3.05) is 7.05 Å². The van der Waals surface area contributed by atoms with E-state index in [0.29, 0.717) is 6.04 Å². The van der Waals surface area contributed by atoms with E-state index < -0.39 is 0 Å². The van der Waals surface area contributed by atoms with E-state index in [1.54, 1.807) is 0 Å². The van der Waals surface area contributed by atoms with Crippen LogP contribution in [-0.2, 0) is 0 Å². The summed E-state index contributed by atoms with van der Waals surface area (Å²) in [6, 6.07) is 4.73. The van der Waals surface area contributed by atoms with Gasteiger partial charge in [0.2, 0.25) is 0 Å². The van der Waals surface area contributed by atoms with Crippen molar-refractivity contribution in [2.45, 2.75) is 25.8 Å². The fourth-order valence-corrected chi connectivity index (χ4v) is 1.90. The summed E-state index contributed by atoms with van der Waals surface area (Å²) in [5, 5.41) is 3.38. The highest BCUT2D eigenvalue weighted by Gasteiger charge is 2.31. The zero-order chi connectivity index (χ0) is 9.26. The summed E-state index contributed by atoms with van der Waals surface area (Å²) in [4.78, 5) is 4.32. The Morgan fingerprint density at radius 2 is 2.31 bits per heavy atom. The van der Waals surface area contributed by atoms with Gasteiger partial charge in [-0.15, -0.1) is 0 Å². The SMILES string of the molecule is CNC(c1cccnc1C)C1CC1. The average Bonchev–Trinajstić information content (AvgIpc) is 2.93. The van der Waals surface area contributed by atoms with E-state index in [1.165, 1.54) is 18.4 Å². The Hall–Kier alpha value is -0.890. The zero-order valence-corrected chi connectivity index (χ0v) is 8.25. The van der Waals surface area contributed by atoms with Crippen LogP contribution in [0.2, 0.25) is 0 Å². The molecule has 70 valence electrons. The Bertz CT molecular complexity index is 292. The highest BCUT2D eigenvalue weighted by molar-refractivity contribution is 5.24. The molecule has 0 saturated heterocycles. The van der Waals surface area contributed by atoms with Crippen LogP contribution in [0.3, 0.4) is 0 Å². The van der Waals surface area contributed by atoms with Gasteiger partial charge in [0.1, 0.15) is 0 Å². The van der Waals surface area contributed by atoms with Crippen LogP contribution < -0.4 is 5.32 Å². The molecule has 0 aromatic carbocycles. The molecule has 1 aromatic heterocycles. The van der Waals surface area contributed by atoms with Crippen LogP contribution in [0.25, 0.3) is 0 Å². The number of rotatable bonds is 3. The van der Waals surface area contributed by atoms with Gasteiger partial charge in [-0.1, -0.05) is 6.07 Å². The Morgan fingerprint density at radius 3 is 2.85 bits per heavy atom. The van der Waals surface area contributed by atoms with E-state index in [4.69, 9.17) is 0 Å². The second kappa shape index (κ2) is 3.46. The lowest BCUT2D eigenvalue weighted by molar-refractivity contribution is 0.524. The fourth-order valence-electron chi connectivity index (χ4n) is 1.90. The molecule has 1 saturated carbocycles. The molecule has 1 aliphatic carbocycles. The first kappa shape index (κ1) is 8.70. The molecule has 1 heterocycles. The van der Waals surface area contributed by atoms with E-state index in [1.807, 2.05) is 19.3 Å². The maximum Gasteiger partial charge on any atom is 0.0420 e. The summed E-state index contributed by atoms with van der Waals surface area (Å²) in [5.74, 6) is 0.841. The zero-order valence-electron chi connectivity index (χ0n) is 8.25. The quantitative estimate of drug-likeness (QED) is 0.762. The van der Waals surface area contributed by atoms with Crippen LogP contribution in [0.15, 0.2) is 18.3 Å². The Labute approximate surface area is 79.4 Å². The molecule has 0 bridgehead atoms. The molecular weight excluding hydrogens is 160 g/mol. The molecule has 13 heavy (non-hydrogen) atoms. The van der Waals surface area contributed by atoms with Gasteiger partial charge >= 0.3 is 0 Å². The van der Waals surface area contributed by atoms with Crippen LogP contribution in [0, 0.1) is 12.8 Å². The Balaban J connectivity index is 2.26. The molecule has 2 heteroatoms. The maximum atomic E-state index is 4.32.